The summed E-state index contributed by atoms with van der Waals surface area (Å²) in [5.74, 6) is 0.931. The van der Waals surface area contributed by atoms with Gasteiger partial charge in [0.1, 0.15) is 12.4 Å². The summed E-state index contributed by atoms with van der Waals surface area (Å²) >= 11 is 0. The first-order valence-electron chi connectivity index (χ1n) is 6.68. The number of ether oxygens (including phenoxy) is 1. The SMILES string of the molecule is Cc1cccc(OCCN(CCCO)C(C)C)c1. The van der Waals surface area contributed by atoms with Gasteiger partial charge >= 0.3 is 0 Å². The van der Waals surface area contributed by atoms with Crippen molar-refractivity contribution in [3.8, 4) is 5.75 Å². The fraction of sp³-hybridized carbons (Fsp3) is 0.600. The van der Waals surface area contributed by atoms with E-state index in [-0.39, 0.29) is 6.61 Å². The van der Waals surface area contributed by atoms with E-state index in [1.54, 1.807) is 0 Å². The fourth-order valence-electron chi connectivity index (χ4n) is 1.89. The molecule has 3 heteroatoms. The molecule has 0 fully saturated rings. The minimum Gasteiger partial charge on any atom is -0.492 e. The first-order chi connectivity index (χ1) is 8.63. The van der Waals surface area contributed by atoms with Gasteiger partial charge in [0.15, 0.2) is 0 Å². The van der Waals surface area contributed by atoms with E-state index in [4.69, 9.17) is 9.84 Å². The van der Waals surface area contributed by atoms with Gasteiger partial charge in [-0.2, -0.15) is 0 Å². The number of aliphatic hydroxyl groups is 1. The lowest BCUT2D eigenvalue weighted by molar-refractivity contribution is 0.160. The number of nitrogens with zero attached hydrogens (tertiary/aromatic N) is 1. The fourth-order valence-corrected chi connectivity index (χ4v) is 1.89. The van der Waals surface area contributed by atoms with Crippen LogP contribution in [0.15, 0.2) is 24.3 Å². The molecule has 18 heavy (non-hydrogen) atoms. The third-order valence-corrected chi connectivity index (χ3v) is 2.97. The largest absolute Gasteiger partial charge is 0.492 e. The summed E-state index contributed by atoms with van der Waals surface area (Å²) in [4.78, 5) is 2.33. The highest BCUT2D eigenvalue weighted by Gasteiger charge is 2.08. The van der Waals surface area contributed by atoms with Gasteiger partial charge < -0.3 is 9.84 Å². The highest BCUT2D eigenvalue weighted by Crippen LogP contribution is 2.12. The molecular formula is C15H25NO2. The van der Waals surface area contributed by atoms with Gasteiger partial charge in [-0.3, -0.25) is 4.90 Å². The molecule has 0 aliphatic heterocycles. The van der Waals surface area contributed by atoms with Crippen LogP contribution in [0.3, 0.4) is 0 Å². The van der Waals surface area contributed by atoms with E-state index >= 15 is 0 Å². The Kier molecular flexibility index (Phi) is 6.76. The molecule has 0 spiro atoms. The molecule has 102 valence electrons. The molecular weight excluding hydrogens is 226 g/mol. The molecule has 0 aromatic heterocycles. The van der Waals surface area contributed by atoms with E-state index in [9.17, 15) is 0 Å². The Morgan fingerprint density at radius 3 is 2.67 bits per heavy atom. The number of hydrogen-bond acceptors (Lipinski definition) is 3. The number of aliphatic hydroxyl groups excluding tert-OH is 1. The zero-order valence-corrected chi connectivity index (χ0v) is 11.7. The van der Waals surface area contributed by atoms with Crippen LogP contribution in [0.5, 0.6) is 5.75 Å². The van der Waals surface area contributed by atoms with Crippen LogP contribution in [-0.2, 0) is 0 Å². The second-order valence-corrected chi connectivity index (χ2v) is 4.87. The van der Waals surface area contributed by atoms with Crippen LogP contribution in [0.25, 0.3) is 0 Å². The van der Waals surface area contributed by atoms with Crippen molar-refractivity contribution in [3.63, 3.8) is 0 Å². The molecule has 0 heterocycles. The van der Waals surface area contributed by atoms with Gasteiger partial charge in [-0.25, -0.2) is 0 Å². The van der Waals surface area contributed by atoms with Gasteiger partial charge in [0.25, 0.3) is 0 Å². The first kappa shape index (κ1) is 15.0. The summed E-state index contributed by atoms with van der Waals surface area (Å²) in [7, 11) is 0. The maximum atomic E-state index is 8.87. The van der Waals surface area contributed by atoms with E-state index < -0.39 is 0 Å². The van der Waals surface area contributed by atoms with Crippen molar-refractivity contribution in [1.82, 2.24) is 4.90 Å². The van der Waals surface area contributed by atoms with Crippen LogP contribution in [-0.4, -0.2) is 42.4 Å². The topological polar surface area (TPSA) is 32.7 Å². The van der Waals surface area contributed by atoms with Gasteiger partial charge in [0.2, 0.25) is 0 Å². The zero-order chi connectivity index (χ0) is 13.4. The zero-order valence-electron chi connectivity index (χ0n) is 11.7. The van der Waals surface area contributed by atoms with E-state index in [0.717, 1.165) is 25.3 Å². The number of benzene rings is 1. The number of rotatable bonds is 8. The van der Waals surface area contributed by atoms with Crippen molar-refractivity contribution >= 4 is 0 Å². The summed E-state index contributed by atoms with van der Waals surface area (Å²) < 4.78 is 5.74. The van der Waals surface area contributed by atoms with Crippen molar-refractivity contribution in [1.29, 1.82) is 0 Å². The maximum Gasteiger partial charge on any atom is 0.119 e. The van der Waals surface area contributed by atoms with Gasteiger partial charge in [0, 0.05) is 25.7 Å². The average molecular weight is 251 g/mol. The molecule has 0 bridgehead atoms. The lowest BCUT2D eigenvalue weighted by atomic mass is 10.2. The molecule has 0 aliphatic carbocycles. The Morgan fingerprint density at radius 1 is 1.28 bits per heavy atom. The summed E-state index contributed by atoms with van der Waals surface area (Å²) in [6, 6.07) is 8.59. The second kappa shape index (κ2) is 8.11. The van der Waals surface area contributed by atoms with Crippen molar-refractivity contribution in [2.45, 2.75) is 33.2 Å². The normalized spacial score (nSPS) is 11.2. The smallest absolute Gasteiger partial charge is 0.119 e. The first-order valence-corrected chi connectivity index (χ1v) is 6.68. The molecule has 0 atom stereocenters. The Labute approximate surface area is 110 Å². The predicted molar refractivity (Wildman–Crippen MR) is 75.1 cm³/mol. The van der Waals surface area contributed by atoms with Crippen LogP contribution in [0, 0.1) is 6.92 Å². The Balaban J connectivity index is 2.34. The molecule has 0 saturated heterocycles. The minimum absolute atomic E-state index is 0.252. The molecule has 1 aromatic rings. The van der Waals surface area contributed by atoms with E-state index in [2.05, 4.69) is 31.7 Å². The van der Waals surface area contributed by atoms with E-state index in [0.29, 0.717) is 12.6 Å². The highest BCUT2D eigenvalue weighted by molar-refractivity contribution is 5.27. The molecule has 0 aliphatic rings. The van der Waals surface area contributed by atoms with Gasteiger partial charge in [-0.05, 0) is 44.9 Å². The Hall–Kier alpha value is -1.06. The molecule has 1 rings (SSSR count). The molecule has 0 radical (unpaired) electrons. The summed E-state index contributed by atoms with van der Waals surface area (Å²) in [6.45, 7) is 9.16. The van der Waals surface area contributed by atoms with Crippen molar-refractivity contribution in [2.24, 2.45) is 0 Å². The second-order valence-electron chi connectivity index (χ2n) is 4.87. The monoisotopic (exact) mass is 251 g/mol. The number of aryl methyl sites for hydroxylation is 1. The van der Waals surface area contributed by atoms with Crippen molar-refractivity contribution in [3.05, 3.63) is 29.8 Å². The molecule has 0 amide bonds. The van der Waals surface area contributed by atoms with E-state index in [1.165, 1.54) is 5.56 Å². The third kappa shape index (κ3) is 5.52. The van der Waals surface area contributed by atoms with Crippen LogP contribution in [0.4, 0.5) is 0 Å². The molecule has 0 unspecified atom stereocenters. The quantitative estimate of drug-likeness (QED) is 0.770. The molecule has 0 saturated carbocycles. The summed E-state index contributed by atoms with van der Waals surface area (Å²) in [6.07, 6.45) is 0.822. The Bertz CT molecular complexity index is 339. The lowest BCUT2D eigenvalue weighted by Crippen LogP contribution is -2.35. The minimum atomic E-state index is 0.252. The van der Waals surface area contributed by atoms with Gasteiger partial charge in [-0.1, -0.05) is 12.1 Å². The van der Waals surface area contributed by atoms with Crippen LogP contribution in [0.1, 0.15) is 25.8 Å². The average Bonchev–Trinajstić information content (AvgIpc) is 2.33. The lowest BCUT2D eigenvalue weighted by Gasteiger charge is -2.26. The summed E-state index contributed by atoms with van der Waals surface area (Å²) in [5, 5.41) is 8.87. The van der Waals surface area contributed by atoms with E-state index in [1.807, 2.05) is 18.2 Å². The predicted octanol–water partition coefficient (Wildman–Crippen LogP) is 2.47. The maximum absolute atomic E-state index is 8.87. The van der Waals surface area contributed by atoms with Crippen LogP contribution in [0.2, 0.25) is 0 Å². The molecule has 1 N–H and O–H groups in total. The highest BCUT2D eigenvalue weighted by atomic mass is 16.5. The van der Waals surface area contributed by atoms with Crippen molar-refractivity contribution < 1.29 is 9.84 Å². The van der Waals surface area contributed by atoms with Crippen LogP contribution < -0.4 is 4.74 Å². The number of hydrogen-bond donors (Lipinski definition) is 1. The molecule has 1 aromatic carbocycles. The molecule has 3 nitrogen and oxygen atoms in total. The van der Waals surface area contributed by atoms with Crippen molar-refractivity contribution in [2.75, 3.05) is 26.3 Å². The summed E-state index contributed by atoms with van der Waals surface area (Å²) in [5.41, 5.74) is 1.22. The van der Waals surface area contributed by atoms with Gasteiger partial charge in [0.05, 0.1) is 0 Å². The van der Waals surface area contributed by atoms with Gasteiger partial charge in [-0.15, -0.1) is 0 Å². The Morgan fingerprint density at radius 2 is 2.06 bits per heavy atom. The third-order valence-electron chi connectivity index (χ3n) is 2.97. The standard InChI is InChI=1S/C15H25NO2/c1-13(2)16(8-5-10-17)9-11-18-15-7-4-6-14(3)12-15/h4,6-7,12-13,17H,5,8-11H2,1-3H3. The van der Waals surface area contributed by atoms with Crippen LogP contribution >= 0.6 is 0 Å².